The Kier molecular flexibility index (Phi) is 3.62. The summed E-state index contributed by atoms with van der Waals surface area (Å²) in [5, 5.41) is 12.8. The highest BCUT2D eigenvalue weighted by atomic mass is 16.5. The highest BCUT2D eigenvalue weighted by Crippen LogP contribution is 2.31. The normalized spacial score (nSPS) is 22.3. The van der Waals surface area contributed by atoms with Crippen LogP contribution in [0.15, 0.2) is 24.3 Å². The lowest BCUT2D eigenvalue weighted by molar-refractivity contribution is -0.137. The molecule has 5 heteroatoms. The van der Waals surface area contributed by atoms with Crippen LogP contribution in [0.4, 0.5) is 0 Å². The smallest absolute Gasteiger partial charge is 0.287 e. The summed E-state index contributed by atoms with van der Waals surface area (Å²) in [7, 11) is 0. The quantitative estimate of drug-likeness (QED) is 0.752. The number of Topliss-reactive ketones (excluding diaryl/α,β-unsaturated/α-hetero) is 1. The molecule has 1 aliphatic heterocycles. The van der Waals surface area contributed by atoms with Gasteiger partial charge in [-0.15, -0.1) is 0 Å². The number of amides is 1. The predicted octanol–water partition coefficient (Wildman–Crippen LogP) is 0.576. The molecular formula is C13H15NO4. The molecule has 2 unspecified atom stereocenters. The summed E-state index contributed by atoms with van der Waals surface area (Å²) < 4.78 is 5.49. The van der Waals surface area contributed by atoms with Gasteiger partial charge in [0.15, 0.2) is 0 Å². The van der Waals surface area contributed by atoms with Gasteiger partial charge in [-0.25, -0.2) is 0 Å². The van der Waals surface area contributed by atoms with Gasteiger partial charge in [-0.2, -0.15) is 0 Å². The van der Waals surface area contributed by atoms with Crippen LogP contribution in [0.1, 0.15) is 25.0 Å². The van der Waals surface area contributed by atoms with E-state index in [9.17, 15) is 14.7 Å². The second kappa shape index (κ2) is 5.18. The van der Waals surface area contributed by atoms with Crippen LogP contribution in [0, 0.1) is 0 Å². The van der Waals surface area contributed by atoms with Gasteiger partial charge in [0, 0.05) is 18.9 Å². The summed E-state index contributed by atoms with van der Waals surface area (Å²) in [6.45, 7) is 1.58. The summed E-state index contributed by atoms with van der Waals surface area (Å²) in [5.41, 5.74) is 0.629. The Morgan fingerprint density at radius 1 is 1.39 bits per heavy atom. The Hall–Kier alpha value is -1.88. The number of rotatable bonds is 2. The number of aliphatic hydroxyl groups excluding tert-OH is 1. The fourth-order valence-corrected chi connectivity index (χ4v) is 1.95. The fraction of sp³-hybridized carbons (Fsp3) is 0.385. The number of carbonyl (C=O) groups is 2. The van der Waals surface area contributed by atoms with E-state index in [1.165, 1.54) is 6.92 Å². The Balaban J connectivity index is 2.20. The molecule has 1 aliphatic rings. The minimum Gasteiger partial charge on any atom is -0.493 e. The monoisotopic (exact) mass is 249 g/mol. The van der Waals surface area contributed by atoms with Crippen LogP contribution in [0.5, 0.6) is 5.75 Å². The molecule has 0 bridgehead atoms. The summed E-state index contributed by atoms with van der Waals surface area (Å²) in [6, 6.07) is 6.62. The lowest BCUT2D eigenvalue weighted by Gasteiger charge is -2.21. The van der Waals surface area contributed by atoms with Crippen molar-refractivity contribution in [2.24, 2.45) is 0 Å². The number of hydrogen-bond acceptors (Lipinski definition) is 4. The molecule has 2 rings (SSSR count). The highest BCUT2D eigenvalue weighted by molar-refractivity contribution is 6.35. The SMILES string of the molecule is CC(=O)C(=O)NC1CCOc2ccccc2C1O. The van der Waals surface area contributed by atoms with Crippen LogP contribution in [0.2, 0.25) is 0 Å². The van der Waals surface area contributed by atoms with Crippen molar-refractivity contribution < 1.29 is 19.4 Å². The van der Waals surface area contributed by atoms with E-state index < -0.39 is 23.8 Å². The molecule has 0 radical (unpaired) electrons. The molecule has 1 amide bonds. The maximum absolute atomic E-state index is 11.4. The molecule has 0 aliphatic carbocycles. The Morgan fingerprint density at radius 3 is 2.83 bits per heavy atom. The number of benzene rings is 1. The topological polar surface area (TPSA) is 75.6 Å². The standard InChI is InChI=1S/C13H15NO4/c1-8(15)13(17)14-10-6-7-18-11-5-3-2-4-9(11)12(10)16/h2-5,10,12,16H,6-7H2,1H3,(H,14,17). The van der Waals surface area contributed by atoms with Crippen LogP contribution in [0.3, 0.4) is 0 Å². The van der Waals surface area contributed by atoms with Gasteiger partial charge in [-0.3, -0.25) is 9.59 Å². The summed E-state index contributed by atoms with van der Waals surface area (Å²) in [4.78, 5) is 22.3. The largest absolute Gasteiger partial charge is 0.493 e. The lowest BCUT2D eigenvalue weighted by atomic mass is 10.00. The van der Waals surface area contributed by atoms with Crippen molar-refractivity contribution in [3.05, 3.63) is 29.8 Å². The molecule has 2 N–H and O–H groups in total. The Labute approximate surface area is 105 Å². The molecule has 0 saturated carbocycles. The van der Waals surface area contributed by atoms with E-state index in [0.29, 0.717) is 24.3 Å². The van der Waals surface area contributed by atoms with E-state index >= 15 is 0 Å². The predicted molar refractivity (Wildman–Crippen MR) is 64.1 cm³/mol. The Bertz CT molecular complexity index is 472. The van der Waals surface area contributed by atoms with Gasteiger partial charge in [0.1, 0.15) is 11.9 Å². The van der Waals surface area contributed by atoms with Crippen LogP contribution in [0.25, 0.3) is 0 Å². The number of para-hydroxylation sites is 1. The first kappa shape index (κ1) is 12.6. The van der Waals surface area contributed by atoms with E-state index in [4.69, 9.17) is 4.74 Å². The number of carbonyl (C=O) groups excluding carboxylic acids is 2. The number of ether oxygens (including phenoxy) is 1. The van der Waals surface area contributed by atoms with Gasteiger partial charge in [0.05, 0.1) is 12.6 Å². The molecule has 0 spiro atoms. The molecule has 2 atom stereocenters. The van der Waals surface area contributed by atoms with E-state index in [1.807, 2.05) is 6.07 Å². The van der Waals surface area contributed by atoms with Gasteiger partial charge in [0.25, 0.3) is 5.91 Å². The fourth-order valence-electron chi connectivity index (χ4n) is 1.95. The van der Waals surface area contributed by atoms with Crippen LogP contribution < -0.4 is 10.1 Å². The summed E-state index contributed by atoms with van der Waals surface area (Å²) >= 11 is 0. The zero-order valence-corrected chi connectivity index (χ0v) is 10.1. The second-order valence-corrected chi connectivity index (χ2v) is 4.26. The third kappa shape index (κ3) is 2.51. The maximum atomic E-state index is 11.4. The van der Waals surface area contributed by atoms with Crippen LogP contribution in [-0.4, -0.2) is 29.4 Å². The van der Waals surface area contributed by atoms with E-state index in [2.05, 4.69) is 5.32 Å². The van der Waals surface area contributed by atoms with Gasteiger partial charge in [-0.05, 0) is 6.07 Å². The lowest BCUT2D eigenvalue weighted by Crippen LogP contribution is -2.42. The molecule has 0 saturated heterocycles. The van der Waals surface area contributed by atoms with Crippen molar-refractivity contribution in [1.29, 1.82) is 0 Å². The van der Waals surface area contributed by atoms with E-state index in [1.54, 1.807) is 18.2 Å². The molecule has 1 heterocycles. The molecule has 1 aromatic rings. The van der Waals surface area contributed by atoms with Crippen molar-refractivity contribution in [3.63, 3.8) is 0 Å². The van der Waals surface area contributed by atoms with E-state index in [0.717, 1.165) is 0 Å². The van der Waals surface area contributed by atoms with Crippen molar-refractivity contribution in [1.82, 2.24) is 5.32 Å². The van der Waals surface area contributed by atoms with E-state index in [-0.39, 0.29) is 0 Å². The molecular weight excluding hydrogens is 234 g/mol. The third-order valence-corrected chi connectivity index (χ3v) is 2.94. The molecule has 5 nitrogen and oxygen atoms in total. The third-order valence-electron chi connectivity index (χ3n) is 2.94. The molecule has 96 valence electrons. The van der Waals surface area contributed by atoms with Gasteiger partial charge in [0.2, 0.25) is 5.78 Å². The number of hydrogen-bond donors (Lipinski definition) is 2. The molecule has 18 heavy (non-hydrogen) atoms. The van der Waals surface area contributed by atoms with Crippen molar-refractivity contribution >= 4 is 11.7 Å². The van der Waals surface area contributed by atoms with Crippen molar-refractivity contribution in [2.45, 2.75) is 25.5 Å². The van der Waals surface area contributed by atoms with Crippen LogP contribution >= 0.6 is 0 Å². The highest BCUT2D eigenvalue weighted by Gasteiger charge is 2.28. The molecule has 0 fully saturated rings. The summed E-state index contributed by atoms with van der Waals surface area (Å²) in [6.07, 6.45) is -0.415. The second-order valence-electron chi connectivity index (χ2n) is 4.26. The first-order valence-corrected chi connectivity index (χ1v) is 5.81. The van der Waals surface area contributed by atoms with Gasteiger partial charge < -0.3 is 15.2 Å². The first-order chi connectivity index (χ1) is 8.59. The average molecular weight is 249 g/mol. The minimum absolute atomic E-state index is 0.386. The number of nitrogens with one attached hydrogen (secondary N) is 1. The maximum Gasteiger partial charge on any atom is 0.287 e. The molecule has 0 aromatic heterocycles. The van der Waals surface area contributed by atoms with Crippen molar-refractivity contribution in [2.75, 3.05) is 6.61 Å². The summed E-state index contributed by atoms with van der Waals surface area (Å²) in [5.74, 6) is -0.636. The Morgan fingerprint density at radius 2 is 2.11 bits per heavy atom. The zero-order valence-electron chi connectivity index (χ0n) is 10.1. The van der Waals surface area contributed by atoms with Gasteiger partial charge >= 0.3 is 0 Å². The minimum atomic E-state index is -0.869. The number of aliphatic hydroxyl groups is 1. The van der Waals surface area contributed by atoms with Crippen molar-refractivity contribution in [3.8, 4) is 5.75 Å². The first-order valence-electron chi connectivity index (χ1n) is 5.81. The van der Waals surface area contributed by atoms with Crippen LogP contribution in [-0.2, 0) is 9.59 Å². The zero-order chi connectivity index (χ0) is 13.1. The van der Waals surface area contributed by atoms with Gasteiger partial charge in [-0.1, -0.05) is 18.2 Å². The number of fused-ring (bicyclic) bond motifs is 1. The number of ketones is 1. The average Bonchev–Trinajstić information content (AvgIpc) is 2.51. The molecule has 1 aromatic carbocycles.